The largest absolute Gasteiger partial charge is 0.306 e. The standard InChI is InChI=1S/C19H17BrFN3O/c1-11-4-5-14(10-16(11)21)19(25)22-18-17(12(2)23-24(18)3)13-6-8-15(20)9-7-13/h4-10H,1-3H3,(H,22,25). The van der Waals surface area contributed by atoms with Crippen LogP contribution in [-0.2, 0) is 7.05 Å². The van der Waals surface area contributed by atoms with Gasteiger partial charge < -0.3 is 5.32 Å². The number of halogens is 2. The Bertz CT molecular complexity index is 948. The van der Waals surface area contributed by atoms with Crippen molar-refractivity contribution in [3.8, 4) is 11.1 Å². The van der Waals surface area contributed by atoms with Crippen LogP contribution < -0.4 is 5.32 Å². The summed E-state index contributed by atoms with van der Waals surface area (Å²) in [6.07, 6.45) is 0. The highest BCUT2D eigenvalue weighted by Gasteiger charge is 2.18. The molecule has 0 radical (unpaired) electrons. The van der Waals surface area contributed by atoms with Crippen molar-refractivity contribution < 1.29 is 9.18 Å². The van der Waals surface area contributed by atoms with Gasteiger partial charge in [-0.05, 0) is 49.2 Å². The zero-order valence-corrected chi connectivity index (χ0v) is 15.7. The molecule has 25 heavy (non-hydrogen) atoms. The van der Waals surface area contributed by atoms with Gasteiger partial charge in [0.2, 0.25) is 0 Å². The molecular weight excluding hydrogens is 385 g/mol. The van der Waals surface area contributed by atoms with Gasteiger partial charge in [0.15, 0.2) is 0 Å². The van der Waals surface area contributed by atoms with Crippen LogP contribution in [0.3, 0.4) is 0 Å². The Balaban J connectivity index is 1.98. The third kappa shape index (κ3) is 3.49. The number of amides is 1. The number of rotatable bonds is 3. The van der Waals surface area contributed by atoms with E-state index in [0.29, 0.717) is 11.4 Å². The monoisotopic (exact) mass is 401 g/mol. The van der Waals surface area contributed by atoms with E-state index in [4.69, 9.17) is 0 Å². The SMILES string of the molecule is Cc1ccc(C(=O)Nc2c(-c3ccc(Br)cc3)c(C)nn2C)cc1F. The Morgan fingerprint density at radius 1 is 1.16 bits per heavy atom. The minimum Gasteiger partial charge on any atom is -0.306 e. The van der Waals surface area contributed by atoms with Crippen LogP contribution in [0.2, 0.25) is 0 Å². The molecule has 3 aromatic rings. The maximum absolute atomic E-state index is 13.7. The molecule has 0 aliphatic rings. The van der Waals surface area contributed by atoms with Crippen LogP contribution in [0, 0.1) is 19.7 Å². The molecule has 128 valence electrons. The summed E-state index contributed by atoms with van der Waals surface area (Å²) in [4.78, 5) is 12.6. The van der Waals surface area contributed by atoms with Crippen molar-refractivity contribution in [3.63, 3.8) is 0 Å². The Morgan fingerprint density at radius 3 is 2.48 bits per heavy atom. The molecule has 2 aromatic carbocycles. The first kappa shape index (κ1) is 17.4. The number of carbonyl (C=O) groups excluding carboxylic acids is 1. The second-order valence-electron chi connectivity index (χ2n) is 5.86. The summed E-state index contributed by atoms with van der Waals surface area (Å²) >= 11 is 3.42. The molecule has 1 amide bonds. The number of hydrogen-bond acceptors (Lipinski definition) is 2. The zero-order chi connectivity index (χ0) is 18.1. The Morgan fingerprint density at radius 2 is 1.84 bits per heavy atom. The van der Waals surface area contributed by atoms with E-state index in [9.17, 15) is 9.18 Å². The molecule has 3 rings (SSSR count). The Kier molecular flexibility index (Phi) is 4.72. The van der Waals surface area contributed by atoms with Crippen LogP contribution in [0.5, 0.6) is 0 Å². The Hall–Kier alpha value is -2.47. The molecule has 0 atom stereocenters. The molecule has 1 heterocycles. The summed E-state index contributed by atoms with van der Waals surface area (Å²) < 4.78 is 16.3. The van der Waals surface area contributed by atoms with Crippen LogP contribution in [0.4, 0.5) is 10.2 Å². The van der Waals surface area contributed by atoms with Crippen LogP contribution in [0.25, 0.3) is 11.1 Å². The van der Waals surface area contributed by atoms with E-state index in [0.717, 1.165) is 21.3 Å². The lowest BCUT2D eigenvalue weighted by Crippen LogP contribution is -2.15. The summed E-state index contributed by atoms with van der Waals surface area (Å²) in [5.41, 5.74) is 3.36. The second kappa shape index (κ2) is 6.80. The van der Waals surface area contributed by atoms with Crippen LogP contribution in [-0.4, -0.2) is 15.7 Å². The molecule has 0 aliphatic heterocycles. The van der Waals surface area contributed by atoms with Crippen LogP contribution >= 0.6 is 15.9 Å². The highest BCUT2D eigenvalue weighted by atomic mass is 79.9. The van der Waals surface area contributed by atoms with Gasteiger partial charge in [-0.3, -0.25) is 9.48 Å². The molecule has 0 fully saturated rings. The van der Waals surface area contributed by atoms with Gasteiger partial charge in [-0.2, -0.15) is 5.10 Å². The van der Waals surface area contributed by atoms with Crippen molar-refractivity contribution in [2.75, 3.05) is 5.32 Å². The van der Waals surface area contributed by atoms with E-state index >= 15 is 0 Å². The molecule has 4 nitrogen and oxygen atoms in total. The first-order valence-electron chi connectivity index (χ1n) is 7.74. The fraction of sp³-hybridized carbons (Fsp3) is 0.158. The topological polar surface area (TPSA) is 46.9 Å². The second-order valence-corrected chi connectivity index (χ2v) is 6.77. The van der Waals surface area contributed by atoms with Gasteiger partial charge in [-0.25, -0.2) is 4.39 Å². The lowest BCUT2D eigenvalue weighted by molar-refractivity contribution is 0.102. The van der Waals surface area contributed by atoms with Crippen molar-refractivity contribution >= 4 is 27.7 Å². The average molecular weight is 402 g/mol. The third-order valence-electron chi connectivity index (χ3n) is 4.02. The zero-order valence-electron chi connectivity index (χ0n) is 14.1. The van der Waals surface area contributed by atoms with Crippen LogP contribution in [0.1, 0.15) is 21.6 Å². The minimum atomic E-state index is -0.401. The normalized spacial score (nSPS) is 10.8. The van der Waals surface area contributed by atoms with E-state index < -0.39 is 5.82 Å². The van der Waals surface area contributed by atoms with E-state index in [1.807, 2.05) is 31.2 Å². The number of nitrogens with zero attached hydrogens (tertiary/aromatic N) is 2. The maximum atomic E-state index is 13.7. The maximum Gasteiger partial charge on any atom is 0.256 e. The summed E-state index contributed by atoms with van der Waals surface area (Å²) in [6.45, 7) is 3.55. The summed E-state index contributed by atoms with van der Waals surface area (Å²) in [5, 5.41) is 7.26. The fourth-order valence-electron chi connectivity index (χ4n) is 2.68. The number of carbonyl (C=O) groups is 1. The smallest absolute Gasteiger partial charge is 0.256 e. The number of nitrogens with one attached hydrogen (secondary N) is 1. The Labute approximate surface area is 153 Å². The molecule has 0 aliphatic carbocycles. The number of hydrogen-bond donors (Lipinski definition) is 1. The number of benzene rings is 2. The first-order valence-corrected chi connectivity index (χ1v) is 8.53. The fourth-order valence-corrected chi connectivity index (χ4v) is 2.94. The molecule has 0 spiro atoms. The molecule has 0 unspecified atom stereocenters. The van der Waals surface area contributed by atoms with E-state index in [1.54, 1.807) is 30.8 Å². The van der Waals surface area contributed by atoms with E-state index in [-0.39, 0.29) is 11.5 Å². The minimum absolute atomic E-state index is 0.267. The van der Waals surface area contributed by atoms with Crippen molar-refractivity contribution in [2.24, 2.45) is 7.05 Å². The van der Waals surface area contributed by atoms with Gasteiger partial charge >= 0.3 is 0 Å². The molecule has 1 aromatic heterocycles. The first-order chi connectivity index (χ1) is 11.9. The van der Waals surface area contributed by atoms with Crippen molar-refractivity contribution in [2.45, 2.75) is 13.8 Å². The van der Waals surface area contributed by atoms with Gasteiger partial charge in [-0.15, -0.1) is 0 Å². The number of aryl methyl sites for hydroxylation is 3. The molecule has 0 saturated heterocycles. The predicted octanol–water partition coefficient (Wildman–Crippen LogP) is 4.86. The van der Waals surface area contributed by atoms with Crippen molar-refractivity contribution in [1.29, 1.82) is 0 Å². The summed E-state index contributed by atoms with van der Waals surface area (Å²) in [6, 6.07) is 12.2. The molecule has 6 heteroatoms. The molecule has 0 bridgehead atoms. The van der Waals surface area contributed by atoms with Crippen molar-refractivity contribution in [3.05, 3.63) is 69.6 Å². The summed E-state index contributed by atoms with van der Waals surface area (Å²) in [7, 11) is 1.76. The highest BCUT2D eigenvalue weighted by molar-refractivity contribution is 9.10. The molecular formula is C19H17BrFN3O. The van der Waals surface area contributed by atoms with E-state index in [2.05, 4.69) is 26.3 Å². The van der Waals surface area contributed by atoms with Gasteiger partial charge in [0.25, 0.3) is 5.91 Å². The lowest BCUT2D eigenvalue weighted by Gasteiger charge is -2.10. The van der Waals surface area contributed by atoms with Crippen LogP contribution in [0.15, 0.2) is 46.9 Å². The van der Waals surface area contributed by atoms with Gasteiger partial charge in [0.05, 0.1) is 5.69 Å². The molecule has 0 saturated carbocycles. The van der Waals surface area contributed by atoms with Gasteiger partial charge in [-0.1, -0.05) is 34.1 Å². The van der Waals surface area contributed by atoms with Crippen molar-refractivity contribution in [1.82, 2.24) is 9.78 Å². The third-order valence-corrected chi connectivity index (χ3v) is 4.55. The highest BCUT2D eigenvalue weighted by Crippen LogP contribution is 2.32. The summed E-state index contributed by atoms with van der Waals surface area (Å²) in [5.74, 6) is -0.201. The number of aromatic nitrogens is 2. The lowest BCUT2D eigenvalue weighted by atomic mass is 10.1. The predicted molar refractivity (Wildman–Crippen MR) is 100 cm³/mol. The number of anilines is 1. The average Bonchev–Trinajstić information content (AvgIpc) is 2.84. The van der Waals surface area contributed by atoms with Gasteiger partial charge in [0, 0.05) is 22.6 Å². The quantitative estimate of drug-likeness (QED) is 0.681. The van der Waals surface area contributed by atoms with E-state index in [1.165, 1.54) is 6.07 Å². The van der Waals surface area contributed by atoms with Gasteiger partial charge in [0.1, 0.15) is 11.6 Å². The molecule has 1 N–H and O–H groups in total.